The molecule has 0 aromatic heterocycles. The van der Waals surface area contributed by atoms with Gasteiger partial charge in [-0.1, -0.05) is 41.5 Å². The van der Waals surface area contributed by atoms with Crippen molar-refractivity contribution >= 4 is 11.9 Å². The van der Waals surface area contributed by atoms with E-state index >= 15 is 0 Å². The molecule has 4 heteroatoms. The fourth-order valence-corrected chi connectivity index (χ4v) is 2.03. The normalized spacial score (nSPS) is 16.6. The van der Waals surface area contributed by atoms with Crippen LogP contribution in [0.4, 0.5) is 0 Å². The van der Waals surface area contributed by atoms with Crippen molar-refractivity contribution in [1.82, 2.24) is 0 Å². The Hall–Kier alpha value is -1.06. The van der Waals surface area contributed by atoms with Crippen LogP contribution >= 0.6 is 0 Å². The minimum absolute atomic E-state index is 0.581. The summed E-state index contributed by atoms with van der Waals surface area (Å²) in [5, 5.41) is 18.5. The highest BCUT2D eigenvalue weighted by molar-refractivity contribution is 5.81. The van der Waals surface area contributed by atoms with E-state index in [2.05, 4.69) is 0 Å². The molecule has 2 N–H and O–H groups in total. The highest BCUT2D eigenvalue weighted by atomic mass is 18.1. The summed E-state index contributed by atoms with van der Waals surface area (Å²) in [7, 11) is 0. The molecule has 16 heavy (non-hydrogen) atoms. The summed E-state index contributed by atoms with van der Waals surface area (Å²) in [6.07, 6.45) is 0. The van der Waals surface area contributed by atoms with E-state index in [0.717, 1.165) is 0 Å². The van der Waals surface area contributed by atoms with E-state index in [4.69, 9.17) is 0 Å². The Labute approximate surface area is 96.7 Å². The maximum atomic E-state index is 11.3. The molecule has 0 saturated heterocycles. The van der Waals surface area contributed by atoms with Gasteiger partial charge in [0.05, 0.1) is 11.8 Å². The molecule has 0 bridgehead atoms. The lowest BCUT2D eigenvalue weighted by atomic mass is 9.64. The first-order valence-electron chi connectivity index (χ1n) is 5.34. The quantitative estimate of drug-likeness (QED) is 0.733. The van der Waals surface area contributed by atoms with Gasteiger partial charge < -0.3 is 10.2 Å². The smallest absolute Gasteiger partial charge is 0.307 e. The number of rotatable bonds is 3. The lowest BCUT2D eigenvalue weighted by Gasteiger charge is -2.38. The predicted octanol–water partition coefficient (Wildman–Crippen LogP) is 2.48. The standard InChI is InChI=1S/C12H22O4/c1-11(2,3)7(9(13)14)8(10(15)16)12(4,5)6/h7-8H,1-6H3,(H,13,14)(H,15,16)/i13+2. The van der Waals surface area contributed by atoms with Crippen LogP contribution < -0.4 is 0 Å². The van der Waals surface area contributed by atoms with E-state index in [9.17, 15) is 19.8 Å². The summed E-state index contributed by atoms with van der Waals surface area (Å²) < 4.78 is 0. The monoisotopic (exact) mass is 232 g/mol. The van der Waals surface area contributed by atoms with E-state index in [-0.39, 0.29) is 0 Å². The zero-order valence-corrected chi connectivity index (χ0v) is 10.9. The topological polar surface area (TPSA) is 74.6 Å². The van der Waals surface area contributed by atoms with Gasteiger partial charge in [0.1, 0.15) is 0 Å². The zero-order chi connectivity index (χ0) is 13.3. The largest absolute Gasteiger partial charge is 0.481 e. The lowest BCUT2D eigenvalue weighted by molar-refractivity contribution is -0.163. The SMILES string of the molecule is CC(C)(C)C(C(=O)O)C(C(O)=[18O])C(C)(C)C. The number of carboxylic acids is 2. The Morgan fingerprint density at radius 1 is 0.938 bits per heavy atom. The Kier molecular flexibility index (Phi) is 4.14. The summed E-state index contributed by atoms with van der Waals surface area (Å²) >= 11 is 0. The van der Waals surface area contributed by atoms with E-state index in [1.165, 1.54) is 0 Å². The van der Waals surface area contributed by atoms with Crippen LogP contribution in [0.3, 0.4) is 0 Å². The molecule has 4 nitrogen and oxygen atoms in total. The minimum Gasteiger partial charge on any atom is -0.481 e. The highest BCUT2D eigenvalue weighted by Crippen LogP contribution is 2.41. The predicted molar refractivity (Wildman–Crippen MR) is 61.2 cm³/mol. The van der Waals surface area contributed by atoms with Gasteiger partial charge in [0.25, 0.3) is 0 Å². The van der Waals surface area contributed by atoms with Crippen LogP contribution in [0.2, 0.25) is 0 Å². The average Bonchev–Trinajstić information content (AvgIpc) is 1.92. The van der Waals surface area contributed by atoms with Crippen LogP contribution in [0.1, 0.15) is 41.5 Å². The van der Waals surface area contributed by atoms with Gasteiger partial charge >= 0.3 is 11.9 Å². The third kappa shape index (κ3) is 3.51. The first-order valence-corrected chi connectivity index (χ1v) is 5.34. The molecular weight excluding hydrogens is 210 g/mol. The molecule has 0 heterocycles. The molecule has 0 saturated carbocycles. The molecule has 0 aliphatic rings. The highest BCUT2D eigenvalue weighted by Gasteiger charge is 2.47. The van der Waals surface area contributed by atoms with Gasteiger partial charge in [-0.15, -0.1) is 0 Å². The molecule has 0 aromatic rings. The third-order valence-electron chi connectivity index (χ3n) is 2.73. The second-order valence-electron chi connectivity index (χ2n) is 6.36. The molecular formula is C12H22O4. The van der Waals surface area contributed by atoms with Crippen molar-refractivity contribution in [3.05, 3.63) is 0 Å². The molecule has 0 rings (SSSR count). The Bertz CT molecular complexity index is 250. The average molecular weight is 232 g/mol. The number of hydrogen-bond acceptors (Lipinski definition) is 2. The summed E-state index contributed by atoms with van der Waals surface area (Å²) in [6.45, 7) is 10.5. The Balaban J connectivity index is 5.48. The summed E-state index contributed by atoms with van der Waals surface area (Å²) in [4.78, 5) is 22.6. The number of aliphatic carboxylic acids is 2. The van der Waals surface area contributed by atoms with Crippen LogP contribution in [0.15, 0.2) is 0 Å². The number of carbonyl (C=O) groups is 2. The van der Waals surface area contributed by atoms with Gasteiger partial charge in [0.15, 0.2) is 0 Å². The fraction of sp³-hybridized carbons (Fsp3) is 0.833. The first-order chi connectivity index (χ1) is 6.89. The molecule has 0 spiro atoms. The van der Waals surface area contributed by atoms with Crippen molar-refractivity contribution in [2.24, 2.45) is 22.7 Å². The van der Waals surface area contributed by atoms with Crippen molar-refractivity contribution in [1.29, 1.82) is 0 Å². The molecule has 2 unspecified atom stereocenters. The molecule has 0 aliphatic heterocycles. The van der Waals surface area contributed by atoms with E-state index in [1.54, 1.807) is 41.5 Å². The zero-order valence-electron chi connectivity index (χ0n) is 10.9. The van der Waals surface area contributed by atoms with Gasteiger partial charge in [-0.05, 0) is 10.8 Å². The maximum Gasteiger partial charge on any atom is 0.307 e. The van der Waals surface area contributed by atoms with Crippen molar-refractivity contribution in [2.75, 3.05) is 0 Å². The fourth-order valence-electron chi connectivity index (χ4n) is 2.03. The minimum atomic E-state index is -1.05. The maximum absolute atomic E-state index is 11.3. The van der Waals surface area contributed by atoms with Gasteiger partial charge in [-0.3, -0.25) is 9.59 Å². The molecule has 0 radical (unpaired) electrons. The molecule has 0 aromatic carbocycles. The Morgan fingerprint density at radius 3 is 1.31 bits per heavy atom. The van der Waals surface area contributed by atoms with Crippen molar-refractivity contribution in [3.8, 4) is 0 Å². The van der Waals surface area contributed by atoms with Crippen LogP contribution in [0.5, 0.6) is 0 Å². The van der Waals surface area contributed by atoms with Crippen LogP contribution in [-0.2, 0) is 9.59 Å². The third-order valence-corrected chi connectivity index (χ3v) is 2.73. The summed E-state index contributed by atoms with van der Waals surface area (Å²) in [6, 6.07) is 0. The molecule has 0 amide bonds. The second-order valence-corrected chi connectivity index (χ2v) is 6.36. The van der Waals surface area contributed by atoms with Crippen molar-refractivity contribution < 1.29 is 19.8 Å². The summed E-state index contributed by atoms with van der Waals surface area (Å²) in [5.74, 6) is -3.89. The van der Waals surface area contributed by atoms with Gasteiger partial charge in [0, 0.05) is 0 Å². The number of hydrogen-bond donors (Lipinski definition) is 2. The van der Waals surface area contributed by atoms with Crippen LogP contribution in [0.25, 0.3) is 0 Å². The molecule has 2 atom stereocenters. The summed E-state index contributed by atoms with van der Waals surface area (Å²) in [5.41, 5.74) is -1.16. The molecule has 94 valence electrons. The molecule has 0 fully saturated rings. The first kappa shape index (κ1) is 14.9. The van der Waals surface area contributed by atoms with Gasteiger partial charge in [-0.2, -0.15) is 0 Å². The Morgan fingerprint density at radius 2 is 1.25 bits per heavy atom. The second kappa shape index (κ2) is 4.44. The van der Waals surface area contributed by atoms with Crippen molar-refractivity contribution in [2.45, 2.75) is 41.5 Å². The van der Waals surface area contributed by atoms with E-state index in [0.29, 0.717) is 0 Å². The van der Waals surface area contributed by atoms with Crippen LogP contribution in [0, 0.1) is 22.7 Å². The lowest BCUT2D eigenvalue weighted by Crippen LogP contribution is -2.45. The van der Waals surface area contributed by atoms with Crippen molar-refractivity contribution in [3.63, 3.8) is 0 Å². The molecule has 0 aliphatic carbocycles. The van der Waals surface area contributed by atoms with Gasteiger partial charge in [-0.25, -0.2) is 0 Å². The van der Waals surface area contributed by atoms with E-state index < -0.39 is 34.6 Å². The number of carboxylic acid groups (broad SMARTS) is 2. The van der Waals surface area contributed by atoms with Gasteiger partial charge in [0.2, 0.25) is 0 Å². The van der Waals surface area contributed by atoms with Crippen LogP contribution in [-0.4, -0.2) is 22.2 Å². The van der Waals surface area contributed by atoms with E-state index in [1.807, 2.05) is 0 Å².